The van der Waals surface area contributed by atoms with Crippen molar-refractivity contribution in [3.05, 3.63) is 29.5 Å². The van der Waals surface area contributed by atoms with Gasteiger partial charge in [0, 0.05) is 31.6 Å². The average molecular weight is 424 g/mol. The zero-order valence-electron chi connectivity index (χ0n) is 17.0. The number of furan rings is 1. The van der Waals surface area contributed by atoms with E-state index in [-0.39, 0.29) is 23.4 Å². The van der Waals surface area contributed by atoms with Gasteiger partial charge in [-0.25, -0.2) is 0 Å². The molecule has 164 valence electrons. The lowest BCUT2D eigenvalue weighted by Gasteiger charge is -2.36. The Morgan fingerprint density at radius 3 is 2.70 bits per heavy atom. The van der Waals surface area contributed by atoms with Gasteiger partial charge in [-0.1, -0.05) is 6.92 Å². The van der Waals surface area contributed by atoms with E-state index in [0.717, 1.165) is 44.2 Å². The molecule has 30 heavy (non-hydrogen) atoms. The second kappa shape index (κ2) is 7.80. The maximum Gasteiger partial charge on any atom is 0.416 e. The van der Waals surface area contributed by atoms with Crippen LogP contribution in [0.2, 0.25) is 0 Å². The first-order valence-corrected chi connectivity index (χ1v) is 10.5. The first kappa shape index (κ1) is 21.0. The number of alkyl halides is 3. The summed E-state index contributed by atoms with van der Waals surface area (Å²) < 4.78 is 45.4. The Bertz CT molecular complexity index is 930. The van der Waals surface area contributed by atoms with Gasteiger partial charge in [0.05, 0.1) is 11.3 Å². The third-order valence-corrected chi connectivity index (χ3v) is 6.68. The molecule has 0 radical (unpaired) electrons. The number of rotatable bonds is 4. The molecule has 4 rings (SSSR count). The molecule has 1 aliphatic heterocycles. The van der Waals surface area contributed by atoms with Gasteiger partial charge in [-0.05, 0) is 61.6 Å². The number of carbonyl (C=O) groups is 1. The minimum absolute atomic E-state index is 0.00261. The fourth-order valence-electron chi connectivity index (χ4n) is 4.61. The van der Waals surface area contributed by atoms with Crippen LogP contribution in [0.25, 0.3) is 11.0 Å². The molecule has 1 aromatic carbocycles. The molecule has 5 nitrogen and oxygen atoms in total. The molecule has 8 heteroatoms. The second-order valence-corrected chi connectivity index (χ2v) is 8.93. The van der Waals surface area contributed by atoms with E-state index in [9.17, 15) is 23.1 Å². The van der Waals surface area contributed by atoms with Crippen molar-refractivity contribution in [2.45, 2.75) is 45.2 Å². The fourth-order valence-corrected chi connectivity index (χ4v) is 4.61. The van der Waals surface area contributed by atoms with Crippen molar-refractivity contribution in [2.24, 2.45) is 11.3 Å². The third kappa shape index (κ3) is 4.02. The Morgan fingerprint density at radius 1 is 1.30 bits per heavy atom. The number of halogens is 3. The number of benzene rings is 1. The van der Waals surface area contributed by atoms with Crippen molar-refractivity contribution in [3.63, 3.8) is 0 Å². The van der Waals surface area contributed by atoms with Crippen LogP contribution in [0.5, 0.6) is 0 Å². The third-order valence-electron chi connectivity index (χ3n) is 6.68. The standard InChI is InChI=1S/C22H27F3N2O3/c1-21(13-28)7-4-14(5-8-21)6-10-27-11-9-26-20(29)19-18(27)16-12-15(22(23,24)25)2-3-17(16)30-19/h2-3,12,14,28H,4-11,13H2,1H3,(H,26,29). The summed E-state index contributed by atoms with van der Waals surface area (Å²) in [6, 6.07) is 3.35. The van der Waals surface area contributed by atoms with Gasteiger partial charge in [0.2, 0.25) is 5.76 Å². The first-order valence-electron chi connectivity index (χ1n) is 10.5. The van der Waals surface area contributed by atoms with Crippen LogP contribution in [-0.2, 0) is 6.18 Å². The van der Waals surface area contributed by atoms with Crippen LogP contribution in [-0.4, -0.2) is 37.3 Å². The van der Waals surface area contributed by atoms with Gasteiger partial charge in [-0.3, -0.25) is 4.79 Å². The summed E-state index contributed by atoms with van der Waals surface area (Å²) in [5.74, 6) is 0.191. The quantitative estimate of drug-likeness (QED) is 0.754. The topological polar surface area (TPSA) is 65.7 Å². The molecule has 1 fully saturated rings. The normalized spacial score (nSPS) is 25.2. The predicted molar refractivity (Wildman–Crippen MR) is 108 cm³/mol. The highest BCUT2D eigenvalue weighted by molar-refractivity contribution is 6.07. The lowest BCUT2D eigenvalue weighted by atomic mass is 9.71. The Morgan fingerprint density at radius 2 is 2.03 bits per heavy atom. The molecule has 2 heterocycles. The monoisotopic (exact) mass is 424 g/mol. The van der Waals surface area contributed by atoms with Crippen molar-refractivity contribution in [2.75, 3.05) is 31.1 Å². The van der Waals surface area contributed by atoms with E-state index < -0.39 is 17.6 Å². The van der Waals surface area contributed by atoms with E-state index in [0.29, 0.717) is 36.6 Å². The molecule has 1 saturated carbocycles. The molecule has 2 N–H and O–H groups in total. The predicted octanol–water partition coefficient (Wildman–Crippen LogP) is 4.58. The molecule has 1 amide bonds. The van der Waals surface area contributed by atoms with Gasteiger partial charge in [0.25, 0.3) is 5.91 Å². The maximum absolute atomic E-state index is 13.2. The van der Waals surface area contributed by atoms with Crippen molar-refractivity contribution < 1.29 is 27.5 Å². The van der Waals surface area contributed by atoms with Crippen LogP contribution in [0, 0.1) is 11.3 Å². The van der Waals surface area contributed by atoms with Gasteiger partial charge < -0.3 is 19.7 Å². The number of anilines is 1. The Labute approximate surface area is 173 Å². The number of nitrogens with zero attached hydrogens (tertiary/aromatic N) is 1. The number of hydrogen-bond donors (Lipinski definition) is 2. The van der Waals surface area contributed by atoms with Crippen molar-refractivity contribution in [1.82, 2.24) is 5.32 Å². The molecule has 0 spiro atoms. The minimum atomic E-state index is -4.46. The summed E-state index contributed by atoms with van der Waals surface area (Å²) in [5.41, 5.74) is -0.00973. The van der Waals surface area contributed by atoms with Crippen molar-refractivity contribution in [1.29, 1.82) is 0 Å². The van der Waals surface area contributed by atoms with E-state index >= 15 is 0 Å². The molecule has 2 aromatic rings. The lowest BCUT2D eigenvalue weighted by Crippen LogP contribution is -2.33. The van der Waals surface area contributed by atoms with Crippen LogP contribution < -0.4 is 10.2 Å². The largest absolute Gasteiger partial charge is 0.449 e. The van der Waals surface area contributed by atoms with Crippen molar-refractivity contribution >= 4 is 22.6 Å². The number of amides is 1. The highest BCUT2D eigenvalue weighted by Crippen LogP contribution is 2.41. The summed E-state index contributed by atoms with van der Waals surface area (Å²) in [4.78, 5) is 14.4. The SMILES string of the molecule is CC1(CO)CCC(CCN2CCNC(=O)c3oc4ccc(C(F)(F)F)cc4c32)CC1. The Balaban J connectivity index is 1.59. The first-order chi connectivity index (χ1) is 14.2. The van der Waals surface area contributed by atoms with Crippen LogP contribution in [0.4, 0.5) is 18.9 Å². The smallest absolute Gasteiger partial charge is 0.416 e. The molecular weight excluding hydrogens is 397 g/mol. The van der Waals surface area contributed by atoms with E-state index in [1.165, 1.54) is 6.07 Å². The number of nitrogens with one attached hydrogen (secondary N) is 1. The van der Waals surface area contributed by atoms with E-state index in [1.54, 1.807) is 0 Å². The zero-order chi connectivity index (χ0) is 21.5. The van der Waals surface area contributed by atoms with Crippen molar-refractivity contribution in [3.8, 4) is 0 Å². The molecule has 1 aliphatic carbocycles. The van der Waals surface area contributed by atoms with Gasteiger partial charge in [0.15, 0.2) is 0 Å². The molecule has 1 aromatic heterocycles. The minimum Gasteiger partial charge on any atom is -0.449 e. The van der Waals surface area contributed by atoms with E-state index in [2.05, 4.69) is 12.2 Å². The number of carbonyl (C=O) groups excluding carboxylic acids is 1. The van der Waals surface area contributed by atoms with Crippen LogP contribution >= 0.6 is 0 Å². The van der Waals surface area contributed by atoms with Gasteiger partial charge in [0.1, 0.15) is 5.58 Å². The molecule has 0 unspecified atom stereocenters. The Kier molecular flexibility index (Phi) is 5.46. The zero-order valence-corrected chi connectivity index (χ0v) is 17.0. The summed E-state index contributed by atoms with van der Waals surface area (Å²) in [7, 11) is 0. The fraction of sp³-hybridized carbons (Fsp3) is 0.591. The number of aliphatic hydroxyl groups is 1. The van der Waals surface area contributed by atoms with E-state index in [1.807, 2.05) is 4.90 Å². The average Bonchev–Trinajstić information content (AvgIpc) is 3.02. The number of aliphatic hydroxyl groups excluding tert-OH is 1. The van der Waals surface area contributed by atoms with Gasteiger partial charge >= 0.3 is 6.18 Å². The molecule has 0 bridgehead atoms. The molecular formula is C22H27F3N2O3. The number of fused-ring (bicyclic) bond motifs is 3. The molecule has 0 atom stereocenters. The Hall–Kier alpha value is -2.22. The van der Waals surface area contributed by atoms with Crippen LogP contribution in [0.1, 0.15) is 55.1 Å². The second-order valence-electron chi connectivity index (χ2n) is 8.93. The molecule has 0 saturated heterocycles. The van der Waals surface area contributed by atoms with Crippen LogP contribution in [0.15, 0.2) is 22.6 Å². The van der Waals surface area contributed by atoms with Crippen LogP contribution in [0.3, 0.4) is 0 Å². The maximum atomic E-state index is 13.2. The highest BCUT2D eigenvalue weighted by Gasteiger charge is 2.34. The number of hydrogen-bond acceptors (Lipinski definition) is 4. The summed E-state index contributed by atoms with van der Waals surface area (Å²) in [6.07, 6.45) is 0.434. The lowest BCUT2D eigenvalue weighted by molar-refractivity contribution is -0.137. The molecule has 2 aliphatic rings. The van der Waals surface area contributed by atoms with Gasteiger partial charge in [-0.2, -0.15) is 13.2 Å². The highest BCUT2D eigenvalue weighted by atomic mass is 19.4. The summed E-state index contributed by atoms with van der Waals surface area (Å²) >= 11 is 0. The van der Waals surface area contributed by atoms with E-state index in [4.69, 9.17) is 4.42 Å². The summed E-state index contributed by atoms with van der Waals surface area (Å²) in [6.45, 7) is 3.89. The summed E-state index contributed by atoms with van der Waals surface area (Å²) in [5, 5.41) is 12.7. The van der Waals surface area contributed by atoms with Gasteiger partial charge in [-0.15, -0.1) is 0 Å².